The first-order chi connectivity index (χ1) is 14.0. The number of amides is 1. The summed E-state index contributed by atoms with van der Waals surface area (Å²) in [5, 5.41) is 5.83. The van der Waals surface area contributed by atoms with Gasteiger partial charge in [-0.3, -0.25) is 4.79 Å². The fourth-order valence-electron chi connectivity index (χ4n) is 2.61. The summed E-state index contributed by atoms with van der Waals surface area (Å²) in [6, 6.07) is 15.9. The number of methoxy groups -OCH3 is 1. The van der Waals surface area contributed by atoms with E-state index in [2.05, 4.69) is 20.6 Å². The van der Waals surface area contributed by atoms with Crippen LogP contribution in [0.2, 0.25) is 0 Å². The van der Waals surface area contributed by atoms with E-state index in [1.807, 2.05) is 43.3 Å². The van der Waals surface area contributed by atoms with Gasteiger partial charge in [0.2, 0.25) is 0 Å². The lowest BCUT2D eigenvalue weighted by atomic mass is 10.1. The Hall–Kier alpha value is -3.94. The van der Waals surface area contributed by atoms with E-state index in [4.69, 9.17) is 4.74 Å². The van der Waals surface area contributed by atoms with Crippen LogP contribution in [0.3, 0.4) is 0 Å². The highest BCUT2D eigenvalue weighted by Gasteiger charge is 2.15. The molecular formula is C21H21N5O3. The molecule has 29 heavy (non-hydrogen) atoms. The van der Waals surface area contributed by atoms with Gasteiger partial charge in [-0.05, 0) is 36.4 Å². The summed E-state index contributed by atoms with van der Waals surface area (Å²) in [4.78, 5) is 34.7. The van der Waals surface area contributed by atoms with Crippen molar-refractivity contribution in [1.29, 1.82) is 0 Å². The minimum Gasteiger partial charge on any atom is -0.465 e. The molecule has 2 N–H and O–H groups in total. The molecule has 0 aliphatic carbocycles. The van der Waals surface area contributed by atoms with Gasteiger partial charge in [0.25, 0.3) is 5.91 Å². The Balaban J connectivity index is 1.76. The topological polar surface area (TPSA) is 96.4 Å². The lowest BCUT2D eigenvalue weighted by Crippen LogP contribution is -2.17. The number of ether oxygens (including phenoxy) is 1. The average molecular weight is 391 g/mol. The molecule has 0 radical (unpaired) electrons. The van der Waals surface area contributed by atoms with E-state index in [1.165, 1.54) is 19.5 Å². The molecule has 2 aromatic carbocycles. The summed E-state index contributed by atoms with van der Waals surface area (Å²) < 4.78 is 4.74. The van der Waals surface area contributed by atoms with E-state index in [0.717, 1.165) is 11.4 Å². The molecule has 0 aliphatic heterocycles. The summed E-state index contributed by atoms with van der Waals surface area (Å²) in [6.45, 7) is 0. The first-order valence-electron chi connectivity index (χ1n) is 8.83. The summed E-state index contributed by atoms with van der Waals surface area (Å²) >= 11 is 0. The van der Waals surface area contributed by atoms with Crippen LogP contribution in [0, 0.1) is 0 Å². The smallest absolute Gasteiger partial charge is 0.339 e. The van der Waals surface area contributed by atoms with Crippen LogP contribution in [0.5, 0.6) is 0 Å². The Morgan fingerprint density at radius 2 is 1.72 bits per heavy atom. The predicted molar refractivity (Wildman–Crippen MR) is 112 cm³/mol. The van der Waals surface area contributed by atoms with Crippen LogP contribution in [0.4, 0.5) is 22.9 Å². The van der Waals surface area contributed by atoms with Crippen LogP contribution >= 0.6 is 0 Å². The monoisotopic (exact) mass is 391 g/mol. The second-order valence-electron chi connectivity index (χ2n) is 6.35. The van der Waals surface area contributed by atoms with Gasteiger partial charge in [0.1, 0.15) is 17.8 Å². The summed E-state index contributed by atoms with van der Waals surface area (Å²) in [6.07, 6.45) is 1.30. The number of nitrogens with zero attached hydrogens (tertiary/aromatic N) is 3. The third-order valence-corrected chi connectivity index (χ3v) is 4.14. The van der Waals surface area contributed by atoms with Crippen LogP contribution in [-0.2, 0) is 4.74 Å². The van der Waals surface area contributed by atoms with Gasteiger partial charge in [0.15, 0.2) is 0 Å². The van der Waals surface area contributed by atoms with Crippen molar-refractivity contribution in [3.63, 3.8) is 0 Å². The maximum atomic E-state index is 12.6. The highest BCUT2D eigenvalue weighted by atomic mass is 16.5. The molecule has 0 unspecified atom stereocenters. The molecule has 148 valence electrons. The van der Waals surface area contributed by atoms with Crippen molar-refractivity contribution in [3.05, 3.63) is 72.2 Å². The molecule has 3 aromatic rings. The van der Waals surface area contributed by atoms with Gasteiger partial charge < -0.3 is 20.3 Å². The van der Waals surface area contributed by atoms with Crippen LogP contribution < -0.4 is 15.5 Å². The van der Waals surface area contributed by atoms with Gasteiger partial charge in [0.05, 0.1) is 18.4 Å². The zero-order valence-electron chi connectivity index (χ0n) is 16.3. The summed E-state index contributed by atoms with van der Waals surface area (Å²) in [7, 11) is 5.22. The number of hydrogen-bond acceptors (Lipinski definition) is 7. The molecular weight excluding hydrogens is 370 g/mol. The van der Waals surface area contributed by atoms with E-state index in [1.54, 1.807) is 24.3 Å². The van der Waals surface area contributed by atoms with E-state index in [0.29, 0.717) is 11.5 Å². The van der Waals surface area contributed by atoms with E-state index >= 15 is 0 Å². The number of nitrogens with one attached hydrogen (secondary N) is 2. The standard InChI is InChI=1S/C21H21N5O3/c1-26(2)15-10-8-14(9-11-15)24-19-12-18(22-13-23-19)20(27)25-17-7-5-4-6-16(17)21(28)29-3/h4-13H,1-3H3,(H,25,27)(H,22,23,24). The molecule has 0 saturated heterocycles. The molecule has 0 atom stereocenters. The van der Waals surface area contributed by atoms with Crippen LogP contribution in [-0.4, -0.2) is 43.0 Å². The van der Waals surface area contributed by atoms with Gasteiger partial charge in [-0.2, -0.15) is 0 Å². The number of carbonyl (C=O) groups is 2. The largest absolute Gasteiger partial charge is 0.465 e. The highest BCUT2D eigenvalue weighted by Crippen LogP contribution is 2.20. The Morgan fingerprint density at radius 1 is 1.00 bits per heavy atom. The van der Waals surface area contributed by atoms with Crippen molar-refractivity contribution in [2.75, 3.05) is 36.7 Å². The fraction of sp³-hybridized carbons (Fsp3) is 0.143. The van der Waals surface area contributed by atoms with Gasteiger partial charge in [0, 0.05) is 31.5 Å². The van der Waals surface area contributed by atoms with Crippen molar-refractivity contribution in [2.24, 2.45) is 0 Å². The van der Waals surface area contributed by atoms with Crippen molar-refractivity contribution >= 4 is 34.8 Å². The third kappa shape index (κ3) is 4.86. The number of esters is 1. The molecule has 8 heteroatoms. The molecule has 0 saturated carbocycles. The minimum atomic E-state index is -0.535. The number of hydrogen-bond donors (Lipinski definition) is 2. The van der Waals surface area contributed by atoms with Crippen LogP contribution in [0.15, 0.2) is 60.9 Å². The normalized spacial score (nSPS) is 10.2. The molecule has 3 rings (SSSR count). The lowest BCUT2D eigenvalue weighted by Gasteiger charge is -2.13. The van der Waals surface area contributed by atoms with E-state index in [9.17, 15) is 9.59 Å². The van der Waals surface area contributed by atoms with Gasteiger partial charge in [-0.1, -0.05) is 12.1 Å². The number of benzene rings is 2. The molecule has 0 fully saturated rings. The fourth-order valence-corrected chi connectivity index (χ4v) is 2.61. The van der Waals surface area contributed by atoms with Crippen molar-refractivity contribution < 1.29 is 14.3 Å². The zero-order valence-corrected chi connectivity index (χ0v) is 16.3. The Bertz CT molecular complexity index is 1020. The molecule has 0 bridgehead atoms. The summed E-state index contributed by atoms with van der Waals surface area (Å²) in [5.74, 6) is -0.522. The molecule has 1 heterocycles. The first kappa shape index (κ1) is 19.8. The van der Waals surface area contributed by atoms with Crippen molar-refractivity contribution in [3.8, 4) is 0 Å². The van der Waals surface area contributed by atoms with Crippen LogP contribution in [0.25, 0.3) is 0 Å². The van der Waals surface area contributed by atoms with Gasteiger partial charge >= 0.3 is 5.97 Å². The Kier molecular flexibility index (Phi) is 6.03. The average Bonchev–Trinajstić information content (AvgIpc) is 2.74. The maximum absolute atomic E-state index is 12.6. The molecule has 0 spiro atoms. The summed E-state index contributed by atoms with van der Waals surface area (Å²) in [5.41, 5.74) is 2.67. The first-order valence-corrected chi connectivity index (χ1v) is 8.83. The van der Waals surface area contributed by atoms with E-state index < -0.39 is 11.9 Å². The second kappa shape index (κ2) is 8.83. The molecule has 1 amide bonds. The molecule has 8 nitrogen and oxygen atoms in total. The SMILES string of the molecule is COC(=O)c1ccccc1NC(=O)c1cc(Nc2ccc(N(C)C)cc2)ncn1. The number of anilines is 4. The number of carbonyl (C=O) groups excluding carboxylic acids is 2. The number of para-hydroxylation sites is 1. The quantitative estimate of drug-likeness (QED) is 0.622. The predicted octanol–water partition coefficient (Wildman–Crippen LogP) is 3.33. The van der Waals surface area contributed by atoms with Crippen molar-refractivity contribution in [1.82, 2.24) is 9.97 Å². The van der Waals surface area contributed by atoms with E-state index in [-0.39, 0.29) is 11.3 Å². The lowest BCUT2D eigenvalue weighted by molar-refractivity contribution is 0.0602. The minimum absolute atomic E-state index is 0.159. The number of aromatic nitrogens is 2. The Labute approximate surface area is 168 Å². The van der Waals surface area contributed by atoms with Crippen LogP contribution in [0.1, 0.15) is 20.8 Å². The molecule has 1 aromatic heterocycles. The Morgan fingerprint density at radius 3 is 2.41 bits per heavy atom. The maximum Gasteiger partial charge on any atom is 0.339 e. The van der Waals surface area contributed by atoms with Gasteiger partial charge in [-0.15, -0.1) is 0 Å². The van der Waals surface area contributed by atoms with Crippen molar-refractivity contribution in [2.45, 2.75) is 0 Å². The second-order valence-corrected chi connectivity index (χ2v) is 6.35. The van der Waals surface area contributed by atoms with Gasteiger partial charge in [-0.25, -0.2) is 14.8 Å². The third-order valence-electron chi connectivity index (χ3n) is 4.14. The highest BCUT2D eigenvalue weighted by molar-refractivity contribution is 6.07. The number of rotatable bonds is 6. The zero-order chi connectivity index (χ0) is 20.8. The molecule has 0 aliphatic rings.